The Hall–Kier alpha value is -1.59. The zero-order valence-electron chi connectivity index (χ0n) is 10.6. The van der Waals surface area contributed by atoms with E-state index in [1.165, 1.54) is 0 Å². The molecule has 100 valence electrons. The van der Waals surface area contributed by atoms with Crippen LogP contribution >= 0.6 is 0 Å². The second-order valence-corrected chi connectivity index (χ2v) is 3.95. The normalized spacial score (nSPS) is 10.1. The molecule has 0 bridgehead atoms. The lowest BCUT2D eigenvalue weighted by Gasteiger charge is -2.07. The van der Waals surface area contributed by atoms with Crippen LogP contribution in [0.4, 0.5) is 0 Å². The first-order valence-electron chi connectivity index (χ1n) is 5.96. The first kappa shape index (κ1) is 14.5. The smallest absolute Gasteiger partial charge is 0.233 e. The maximum atomic E-state index is 10.9. The highest BCUT2D eigenvalue weighted by Crippen LogP contribution is 2.14. The lowest BCUT2D eigenvalue weighted by Crippen LogP contribution is -2.29. The van der Waals surface area contributed by atoms with Gasteiger partial charge < -0.3 is 9.47 Å². The summed E-state index contributed by atoms with van der Waals surface area (Å²) in [6, 6.07) is 7.79. The Morgan fingerprint density at radius 3 is 2.94 bits per heavy atom. The maximum Gasteiger partial charge on any atom is 0.233 e. The van der Waals surface area contributed by atoms with Gasteiger partial charge in [0.1, 0.15) is 5.75 Å². The Kier molecular flexibility index (Phi) is 6.83. The molecule has 1 aromatic rings. The van der Waals surface area contributed by atoms with E-state index in [1.54, 1.807) is 7.11 Å². The molecule has 3 N–H and O–H groups in total. The van der Waals surface area contributed by atoms with Crippen molar-refractivity contribution in [1.29, 1.82) is 0 Å². The van der Waals surface area contributed by atoms with Crippen molar-refractivity contribution in [3.8, 4) is 5.75 Å². The minimum atomic E-state index is -0.142. The molecule has 0 saturated heterocycles. The van der Waals surface area contributed by atoms with Gasteiger partial charge in [-0.15, -0.1) is 0 Å². The number of carbonyl (C=O) groups is 1. The summed E-state index contributed by atoms with van der Waals surface area (Å²) in [7, 11) is 1.66. The highest BCUT2D eigenvalue weighted by Gasteiger charge is 1.99. The topological polar surface area (TPSA) is 73.6 Å². The van der Waals surface area contributed by atoms with Crippen molar-refractivity contribution in [2.45, 2.75) is 25.9 Å². The second kappa shape index (κ2) is 8.49. The Labute approximate surface area is 107 Å². The number of hydrogen-bond donors (Lipinski definition) is 2. The van der Waals surface area contributed by atoms with Crippen LogP contribution in [0.2, 0.25) is 0 Å². The Balaban J connectivity index is 2.22. The Morgan fingerprint density at radius 2 is 2.22 bits per heavy atom. The summed E-state index contributed by atoms with van der Waals surface area (Å²) in [5, 5.41) is 0. The average Bonchev–Trinajstić information content (AvgIpc) is 2.39. The summed E-state index contributed by atoms with van der Waals surface area (Å²) in [6.45, 7) is 1.17. The predicted octanol–water partition coefficient (Wildman–Crippen LogP) is 1.37. The number of ether oxygens (including phenoxy) is 2. The second-order valence-electron chi connectivity index (χ2n) is 3.95. The summed E-state index contributed by atoms with van der Waals surface area (Å²) >= 11 is 0. The Bertz CT molecular complexity index is 369. The standard InChI is InChI=1S/C13H20N2O3/c1-17-10-11-5-4-6-12(9-11)18-8-3-2-7-13(16)15-14/h4-6,9H,2-3,7-8,10,14H2,1H3,(H,15,16). The number of rotatable bonds is 8. The molecular formula is C13H20N2O3. The minimum absolute atomic E-state index is 0.142. The van der Waals surface area contributed by atoms with Crippen molar-refractivity contribution in [2.75, 3.05) is 13.7 Å². The van der Waals surface area contributed by atoms with Crippen LogP contribution in [-0.4, -0.2) is 19.6 Å². The van der Waals surface area contributed by atoms with Gasteiger partial charge in [0.05, 0.1) is 13.2 Å². The number of nitrogens with one attached hydrogen (secondary N) is 1. The zero-order valence-corrected chi connectivity index (χ0v) is 10.6. The van der Waals surface area contributed by atoms with Crippen molar-refractivity contribution in [3.05, 3.63) is 29.8 Å². The summed E-state index contributed by atoms with van der Waals surface area (Å²) in [5.41, 5.74) is 3.18. The van der Waals surface area contributed by atoms with Gasteiger partial charge in [-0.25, -0.2) is 5.84 Å². The molecule has 0 unspecified atom stereocenters. The van der Waals surface area contributed by atoms with Gasteiger partial charge in [-0.2, -0.15) is 0 Å². The summed E-state index contributed by atoms with van der Waals surface area (Å²) in [5.74, 6) is 5.67. The quantitative estimate of drug-likeness (QED) is 0.317. The van der Waals surface area contributed by atoms with Gasteiger partial charge in [0.25, 0.3) is 0 Å². The van der Waals surface area contributed by atoms with E-state index >= 15 is 0 Å². The third kappa shape index (κ3) is 5.65. The molecule has 0 radical (unpaired) electrons. The molecule has 5 nitrogen and oxygen atoms in total. The van der Waals surface area contributed by atoms with Crippen LogP contribution in [0.5, 0.6) is 5.75 Å². The van der Waals surface area contributed by atoms with E-state index in [0.29, 0.717) is 19.6 Å². The largest absolute Gasteiger partial charge is 0.494 e. The fourth-order valence-corrected chi connectivity index (χ4v) is 1.54. The fourth-order valence-electron chi connectivity index (χ4n) is 1.54. The lowest BCUT2D eigenvalue weighted by molar-refractivity contribution is -0.121. The van der Waals surface area contributed by atoms with Gasteiger partial charge in [0.2, 0.25) is 5.91 Å². The molecule has 0 spiro atoms. The van der Waals surface area contributed by atoms with Crippen molar-refractivity contribution in [2.24, 2.45) is 5.84 Å². The number of hydrazine groups is 1. The average molecular weight is 252 g/mol. The van der Waals surface area contributed by atoms with Crippen LogP contribution in [0.25, 0.3) is 0 Å². The first-order valence-corrected chi connectivity index (χ1v) is 5.96. The molecular weight excluding hydrogens is 232 g/mol. The minimum Gasteiger partial charge on any atom is -0.494 e. The number of hydrogen-bond acceptors (Lipinski definition) is 4. The van der Waals surface area contributed by atoms with Crippen LogP contribution in [0.3, 0.4) is 0 Å². The molecule has 1 aromatic carbocycles. The van der Waals surface area contributed by atoms with E-state index in [4.69, 9.17) is 15.3 Å². The molecule has 1 amide bonds. The van der Waals surface area contributed by atoms with Crippen LogP contribution in [0.1, 0.15) is 24.8 Å². The molecule has 0 atom stereocenters. The predicted molar refractivity (Wildman–Crippen MR) is 68.8 cm³/mol. The van der Waals surface area contributed by atoms with Crippen molar-refractivity contribution >= 4 is 5.91 Å². The van der Waals surface area contributed by atoms with Crippen molar-refractivity contribution in [1.82, 2.24) is 5.43 Å². The van der Waals surface area contributed by atoms with Gasteiger partial charge in [0.15, 0.2) is 0 Å². The monoisotopic (exact) mass is 252 g/mol. The van der Waals surface area contributed by atoms with E-state index in [-0.39, 0.29) is 5.91 Å². The first-order chi connectivity index (χ1) is 8.76. The SMILES string of the molecule is COCc1cccc(OCCCCC(=O)NN)c1. The zero-order chi connectivity index (χ0) is 13.2. The van der Waals surface area contributed by atoms with Gasteiger partial charge in [-0.05, 0) is 30.5 Å². The van der Waals surface area contributed by atoms with Gasteiger partial charge in [0, 0.05) is 13.5 Å². The molecule has 0 aliphatic carbocycles. The molecule has 0 heterocycles. The molecule has 5 heteroatoms. The number of carbonyl (C=O) groups excluding carboxylic acids is 1. The Morgan fingerprint density at radius 1 is 1.39 bits per heavy atom. The molecule has 18 heavy (non-hydrogen) atoms. The van der Waals surface area contributed by atoms with E-state index in [9.17, 15) is 4.79 Å². The lowest BCUT2D eigenvalue weighted by atomic mass is 10.2. The summed E-state index contributed by atoms with van der Waals surface area (Å²) in [4.78, 5) is 10.9. The van der Waals surface area contributed by atoms with Gasteiger partial charge in [-0.3, -0.25) is 10.2 Å². The van der Waals surface area contributed by atoms with Crippen LogP contribution in [0.15, 0.2) is 24.3 Å². The summed E-state index contributed by atoms with van der Waals surface area (Å²) in [6.07, 6.45) is 2.02. The molecule has 1 rings (SSSR count). The summed E-state index contributed by atoms with van der Waals surface area (Å²) < 4.78 is 10.6. The van der Waals surface area contributed by atoms with E-state index in [0.717, 1.165) is 24.2 Å². The van der Waals surface area contributed by atoms with Crippen molar-refractivity contribution in [3.63, 3.8) is 0 Å². The number of benzene rings is 1. The maximum absolute atomic E-state index is 10.9. The number of methoxy groups -OCH3 is 1. The fraction of sp³-hybridized carbons (Fsp3) is 0.462. The van der Waals surface area contributed by atoms with E-state index in [2.05, 4.69) is 5.43 Å². The van der Waals surface area contributed by atoms with E-state index in [1.807, 2.05) is 24.3 Å². The number of nitrogens with two attached hydrogens (primary N) is 1. The highest BCUT2D eigenvalue weighted by atomic mass is 16.5. The molecule has 0 aromatic heterocycles. The third-order valence-electron chi connectivity index (χ3n) is 2.44. The van der Waals surface area contributed by atoms with Gasteiger partial charge >= 0.3 is 0 Å². The van der Waals surface area contributed by atoms with Crippen LogP contribution < -0.4 is 16.0 Å². The third-order valence-corrected chi connectivity index (χ3v) is 2.44. The van der Waals surface area contributed by atoms with Crippen LogP contribution in [0, 0.1) is 0 Å². The molecule has 0 saturated carbocycles. The molecule has 0 aliphatic rings. The van der Waals surface area contributed by atoms with Crippen molar-refractivity contribution < 1.29 is 14.3 Å². The number of amides is 1. The van der Waals surface area contributed by atoms with Crippen LogP contribution in [-0.2, 0) is 16.1 Å². The highest BCUT2D eigenvalue weighted by molar-refractivity contribution is 5.75. The molecule has 0 aliphatic heterocycles. The van der Waals surface area contributed by atoms with E-state index < -0.39 is 0 Å². The number of unbranched alkanes of at least 4 members (excludes halogenated alkanes) is 1. The van der Waals surface area contributed by atoms with Gasteiger partial charge in [-0.1, -0.05) is 12.1 Å². The molecule has 0 fully saturated rings.